The van der Waals surface area contributed by atoms with Gasteiger partial charge in [-0.05, 0) is 94.0 Å². The van der Waals surface area contributed by atoms with Crippen LogP contribution in [0.25, 0.3) is 61.6 Å². The molecule has 9 rings (SSSR count). The van der Waals surface area contributed by atoms with Crippen molar-refractivity contribution in [1.82, 2.24) is 14.5 Å². The molecule has 287 valence electrons. The zero-order valence-corrected chi connectivity index (χ0v) is 36.4. The van der Waals surface area contributed by atoms with Gasteiger partial charge in [0.15, 0.2) is 0 Å². The van der Waals surface area contributed by atoms with E-state index in [4.69, 9.17) is 9.41 Å². The summed E-state index contributed by atoms with van der Waals surface area (Å²) in [4.78, 5) is 9.44. The fourth-order valence-electron chi connectivity index (χ4n) is 7.64. The fourth-order valence-corrected chi connectivity index (χ4v) is 9.84. The number of hydrogen-bond donors (Lipinski definition) is 0. The quantitative estimate of drug-likeness (QED) is 0.123. The van der Waals surface area contributed by atoms with E-state index in [0.717, 1.165) is 45.0 Å². The Bertz CT molecular complexity index is 2630. The predicted molar refractivity (Wildman–Crippen MR) is 231 cm³/mol. The molecule has 4 nitrogen and oxygen atoms in total. The molecule has 1 radical (unpaired) electrons. The van der Waals surface area contributed by atoms with Crippen LogP contribution >= 0.6 is 0 Å². The summed E-state index contributed by atoms with van der Waals surface area (Å²) in [6.45, 7) is 13.7. The molecule has 8 aromatic rings. The monoisotopic (exact) mass is 942 g/mol. The second-order valence-electron chi connectivity index (χ2n) is 15.3. The standard InChI is InChI=1S/C39H37N2OSi.C11H7FN.Ir/c1-25(2)32-23-28(27-15-8-7-9-16-27)24-33(26(3)4)37(32)41-35-21-12-11-20-34(35)40-39(41)31-19-14-18-30-29-17-10-13-22-36(29)43(5,6)42-38(30)31;12-10-6-4-9(5-7-10)11-3-1-2-8-13-11;/h7-18,20-26H,1-6H3;1-4,6-8H;/q2*-1;. The SMILES string of the molecule is CC(C)c1cc(-c2ccccc2)cc(C(C)C)c1-n1c(-c2[c-]ccc3c2O[Si](C)(C)c2ccccc2-3)nc2ccccc21.Fc1c[c-]c(-c2ccccn2)cc1.[Ir]. The van der Waals surface area contributed by atoms with E-state index < -0.39 is 8.32 Å². The van der Waals surface area contributed by atoms with Crippen LogP contribution in [0.15, 0.2) is 146 Å². The number of aromatic nitrogens is 3. The van der Waals surface area contributed by atoms with Gasteiger partial charge in [-0.25, -0.2) is 0 Å². The van der Waals surface area contributed by atoms with Gasteiger partial charge in [-0.3, -0.25) is 9.37 Å². The van der Waals surface area contributed by atoms with Crippen LogP contribution in [0.4, 0.5) is 4.39 Å². The van der Waals surface area contributed by atoms with Gasteiger partial charge >= 0.3 is 0 Å². The van der Waals surface area contributed by atoms with Crippen LogP contribution in [0, 0.1) is 17.9 Å². The average molecular weight is 942 g/mol. The van der Waals surface area contributed by atoms with Gasteiger partial charge in [0.1, 0.15) is 0 Å². The van der Waals surface area contributed by atoms with E-state index in [-0.39, 0.29) is 25.9 Å². The first-order valence-corrected chi connectivity index (χ1v) is 22.1. The van der Waals surface area contributed by atoms with E-state index in [1.165, 1.54) is 50.8 Å². The van der Waals surface area contributed by atoms with Gasteiger partial charge in [0, 0.05) is 43.6 Å². The van der Waals surface area contributed by atoms with E-state index >= 15 is 0 Å². The summed E-state index contributed by atoms with van der Waals surface area (Å²) in [5.41, 5.74) is 13.3. The first-order chi connectivity index (χ1) is 27.1. The average Bonchev–Trinajstić information content (AvgIpc) is 3.60. The summed E-state index contributed by atoms with van der Waals surface area (Å²) in [5, 5.41) is 1.33. The molecule has 0 bridgehead atoms. The number of halogens is 1. The van der Waals surface area contributed by atoms with Crippen molar-refractivity contribution in [3.05, 3.63) is 175 Å². The Hall–Kier alpha value is -5.46. The van der Waals surface area contributed by atoms with Crippen molar-refractivity contribution < 1.29 is 28.9 Å². The largest absolute Gasteiger partial charge is 0.583 e. The van der Waals surface area contributed by atoms with Crippen LogP contribution in [0.3, 0.4) is 0 Å². The molecule has 1 aliphatic rings. The number of hydrogen-bond acceptors (Lipinski definition) is 3. The van der Waals surface area contributed by atoms with Gasteiger partial charge in [-0.1, -0.05) is 118 Å². The first-order valence-electron chi connectivity index (χ1n) is 19.2. The van der Waals surface area contributed by atoms with Crippen LogP contribution in [0.1, 0.15) is 50.7 Å². The third kappa shape index (κ3) is 7.80. The normalized spacial score (nSPS) is 12.6. The smallest absolute Gasteiger partial charge is 0.264 e. The Morgan fingerprint density at radius 1 is 0.702 bits per heavy atom. The van der Waals surface area contributed by atoms with Crippen LogP contribution in [-0.2, 0) is 20.1 Å². The zero-order valence-electron chi connectivity index (χ0n) is 33.0. The third-order valence-corrected chi connectivity index (χ3v) is 12.9. The van der Waals surface area contributed by atoms with Crippen LogP contribution in [-0.4, -0.2) is 22.9 Å². The summed E-state index contributed by atoms with van der Waals surface area (Å²) in [6.07, 6.45) is 1.70. The molecule has 1 aliphatic heterocycles. The minimum atomic E-state index is -2.22. The van der Waals surface area contributed by atoms with Gasteiger partial charge in [0.05, 0.1) is 16.9 Å². The molecule has 0 saturated carbocycles. The molecule has 2 aromatic heterocycles. The third-order valence-electron chi connectivity index (χ3n) is 10.4. The Morgan fingerprint density at radius 3 is 2.07 bits per heavy atom. The fraction of sp³-hybridized carbons (Fsp3) is 0.160. The number of para-hydroxylation sites is 2. The van der Waals surface area contributed by atoms with Crippen molar-refractivity contribution in [1.29, 1.82) is 0 Å². The molecule has 0 spiro atoms. The van der Waals surface area contributed by atoms with E-state index in [9.17, 15) is 4.39 Å². The molecule has 7 heteroatoms. The number of pyridine rings is 1. The first kappa shape index (κ1) is 39.8. The van der Waals surface area contributed by atoms with Crippen molar-refractivity contribution in [3.63, 3.8) is 0 Å². The summed E-state index contributed by atoms with van der Waals surface area (Å²) in [5.74, 6) is 2.09. The van der Waals surface area contributed by atoms with Gasteiger partial charge in [-0.15, -0.1) is 48.0 Å². The van der Waals surface area contributed by atoms with E-state index in [1.54, 1.807) is 12.3 Å². The Balaban J connectivity index is 0.000000301. The molecule has 0 N–H and O–H groups in total. The maximum Gasteiger partial charge on any atom is 0.264 e. The minimum absolute atomic E-state index is 0. The number of benzene rings is 6. The molecule has 3 heterocycles. The second kappa shape index (κ2) is 16.6. The predicted octanol–water partition coefficient (Wildman–Crippen LogP) is 12.6. The molecule has 0 fully saturated rings. The van der Waals surface area contributed by atoms with Gasteiger partial charge in [0.25, 0.3) is 8.32 Å². The summed E-state index contributed by atoms with van der Waals surface area (Å²) >= 11 is 0. The van der Waals surface area contributed by atoms with Gasteiger partial charge < -0.3 is 14.0 Å². The Labute approximate surface area is 349 Å². The maximum atomic E-state index is 12.6. The van der Waals surface area contributed by atoms with Crippen molar-refractivity contribution >= 4 is 24.5 Å². The number of fused-ring (bicyclic) bond motifs is 4. The van der Waals surface area contributed by atoms with Gasteiger partial charge in [0.2, 0.25) is 0 Å². The van der Waals surface area contributed by atoms with E-state index in [0.29, 0.717) is 11.8 Å². The molecule has 0 aliphatic carbocycles. The second-order valence-corrected chi connectivity index (χ2v) is 19.1. The molecule has 0 atom stereocenters. The molecule has 6 aromatic carbocycles. The minimum Gasteiger partial charge on any atom is -0.583 e. The molecular formula is C50H44FIrN3OSi-2. The molecule has 57 heavy (non-hydrogen) atoms. The van der Waals surface area contributed by atoms with E-state index in [1.807, 2.05) is 24.3 Å². The van der Waals surface area contributed by atoms with Crippen molar-refractivity contribution in [2.75, 3.05) is 0 Å². The number of nitrogens with zero attached hydrogens (tertiary/aromatic N) is 3. The number of imidazole rings is 1. The number of rotatable bonds is 6. The molecule has 0 saturated heterocycles. The molecule has 0 amide bonds. The summed E-state index contributed by atoms with van der Waals surface area (Å²) in [7, 11) is -2.22. The van der Waals surface area contributed by atoms with Crippen LogP contribution < -0.4 is 9.61 Å². The van der Waals surface area contributed by atoms with Crippen LogP contribution in [0.5, 0.6) is 5.75 Å². The Kier molecular flexibility index (Phi) is 11.6. The Morgan fingerprint density at radius 2 is 1.39 bits per heavy atom. The van der Waals surface area contributed by atoms with Crippen molar-refractivity contribution in [3.8, 4) is 56.3 Å². The summed E-state index contributed by atoms with van der Waals surface area (Å²) < 4.78 is 21.9. The zero-order chi connectivity index (χ0) is 39.0. The molecule has 0 unspecified atom stereocenters. The van der Waals surface area contributed by atoms with E-state index in [2.05, 4.69) is 160 Å². The summed E-state index contributed by atoms with van der Waals surface area (Å²) in [6, 6.07) is 53.2. The topological polar surface area (TPSA) is 39.9 Å². The van der Waals surface area contributed by atoms with Gasteiger partial charge in [-0.2, -0.15) is 0 Å². The maximum absolute atomic E-state index is 12.6. The molecular weight excluding hydrogens is 898 g/mol. The van der Waals surface area contributed by atoms with Crippen LogP contribution in [0.2, 0.25) is 13.1 Å². The van der Waals surface area contributed by atoms with Crippen molar-refractivity contribution in [2.24, 2.45) is 0 Å². The van der Waals surface area contributed by atoms with Crippen molar-refractivity contribution in [2.45, 2.75) is 52.6 Å².